The SMILES string of the molecule is COC[C@H](C)NC(=O)C(=O)NCc1n[nH]c(=O)c2ccccc12. The molecule has 0 aliphatic heterocycles. The van der Waals surface area contributed by atoms with Crippen LogP contribution in [0.2, 0.25) is 0 Å². The summed E-state index contributed by atoms with van der Waals surface area (Å²) in [4.78, 5) is 35.2. The fraction of sp³-hybridized carbons (Fsp3) is 0.333. The summed E-state index contributed by atoms with van der Waals surface area (Å²) >= 11 is 0. The van der Waals surface area contributed by atoms with Crippen molar-refractivity contribution in [2.45, 2.75) is 19.5 Å². The molecular formula is C15H18N4O4. The minimum atomic E-state index is -0.773. The van der Waals surface area contributed by atoms with E-state index in [1.54, 1.807) is 31.2 Å². The minimum Gasteiger partial charge on any atom is -0.383 e. The van der Waals surface area contributed by atoms with Gasteiger partial charge in [0, 0.05) is 18.5 Å². The van der Waals surface area contributed by atoms with Crippen molar-refractivity contribution in [3.63, 3.8) is 0 Å². The highest BCUT2D eigenvalue weighted by molar-refractivity contribution is 6.35. The number of nitrogens with zero attached hydrogens (tertiary/aromatic N) is 1. The highest BCUT2D eigenvalue weighted by Gasteiger charge is 2.16. The number of aromatic amines is 1. The normalized spacial score (nSPS) is 11.9. The Kier molecular flexibility index (Phi) is 5.42. The van der Waals surface area contributed by atoms with E-state index in [0.717, 1.165) is 0 Å². The second-order valence-corrected chi connectivity index (χ2v) is 5.06. The Morgan fingerprint density at radius 1 is 1.26 bits per heavy atom. The summed E-state index contributed by atoms with van der Waals surface area (Å²) in [5.41, 5.74) is 0.174. The molecular weight excluding hydrogens is 300 g/mol. The van der Waals surface area contributed by atoms with Crippen LogP contribution in [0.3, 0.4) is 0 Å². The minimum absolute atomic E-state index is 0.0300. The van der Waals surface area contributed by atoms with Crippen LogP contribution in [-0.4, -0.2) is 41.8 Å². The lowest BCUT2D eigenvalue weighted by Crippen LogP contribution is -2.44. The third kappa shape index (κ3) is 4.13. The number of benzene rings is 1. The Bertz CT molecular complexity index is 771. The van der Waals surface area contributed by atoms with E-state index >= 15 is 0 Å². The van der Waals surface area contributed by atoms with Gasteiger partial charge in [0.05, 0.1) is 24.2 Å². The highest BCUT2D eigenvalue weighted by Crippen LogP contribution is 2.11. The summed E-state index contributed by atoms with van der Waals surface area (Å²) in [6, 6.07) is 6.64. The molecule has 8 nitrogen and oxygen atoms in total. The molecule has 1 aromatic heterocycles. The van der Waals surface area contributed by atoms with Crippen molar-refractivity contribution in [3.8, 4) is 0 Å². The molecule has 0 spiro atoms. The van der Waals surface area contributed by atoms with Crippen molar-refractivity contribution in [1.82, 2.24) is 20.8 Å². The average molecular weight is 318 g/mol. The Morgan fingerprint density at radius 2 is 1.96 bits per heavy atom. The first-order chi connectivity index (χ1) is 11.0. The second-order valence-electron chi connectivity index (χ2n) is 5.06. The lowest BCUT2D eigenvalue weighted by molar-refractivity contribution is -0.139. The summed E-state index contributed by atoms with van der Waals surface area (Å²) < 4.78 is 4.88. The molecule has 0 saturated carbocycles. The van der Waals surface area contributed by atoms with Crippen LogP contribution in [0.4, 0.5) is 0 Å². The number of H-pyrrole nitrogens is 1. The Morgan fingerprint density at radius 3 is 2.65 bits per heavy atom. The van der Waals surface area contributed by atoms with Crippen LogP contribution in [-0.2, 0) is 20.9 Å². The van der Waals surface area contributed by atoms with Gasteiger partial charge >= 0.3 is 11.8 Å². The highest BCUT2D eigenvalue weighted by atomic mass is 16.5. The summed E-state index contributed by atoms with van der Waals surface area (Å²) in [6.07, 6.45) is 0. The van der Waals surface area contributed by atoms with E-state index in [-0.39, 0.29) is 18.1 Å². The van der Waals surface area contributed by atoms with Gasteiger partial charge in [-0.05, 0) is 13.0 Å². The van der Waals surface area contributed by atoms with Crippen LogP contribution < -0.4 is 16.2 Å². The van der Waals surface area contributed by atoms with Gasteiger partial charge in [-0.25, -0.2) is 5.10 Å². The molecule has 0 saturated heterocycles. The van der Waals surface area contributed by atoms with E-state index in [9.17, 15) is 14.4 Å². The molecule has 2 amide bonds. The van der Waals surface area contributed by atoms with Gasteiger partial charge in [-0.1, -0.05) is 18.2 Å². The van der Waals surface area contributed by atoms with Crippen LogP contribution in [0, 0.1) is 0 Å². The first kappa shape index (κ1) is 16.6. The van der Waals surface area contributed by atoms with Gasteiger partial charge in [0.2, 0.25) is 0 Å². The fourth-order valence-corrected chi connectivity index (χ4v) is 2.13. The van der Waals surface area contributed by atoms with Gasteiger partial charge in [-0.3, -0.25) is 14.4 Å². The maximum absolute atomic E-state index is 11.8. The molecule has 0 fully saturated rings. The molecule has 0 bridgehead atoms. The van der Waals surface area contributed by atoms with Crippen LogP contribution in [0.5, 0.6) is 0 Å². The van der Waals surface area contributed by atoms with Crippen LogP contribution in [0.1, 0.15) is 12.6 Å². The molecule has 1 aromatic carbocycles. The van der Waals surface area contributed by atoms with Crippen molar-refractivity contribution in [3.05, 3.63) is 40.3 Å². The van der Waals surface area contributed by atoms with Crippen molar-refractivity contribution in [2.75, 3.05) is 13.7 Å². The molecule has 0 aliphatic carbocycles. The van der Waals surface area contributed by atoms with Crippen molar-refractivity contribution < 1.29 is 14.3 Å². The monoisotopic (exact) mass is 318 g/mol. The quantitative estimate of drug-likeness (QED) is 0.655. The molecule has 0 aliphatic rings. The van der Waals surface area contributed by atoms with Crippen LogP contribution in [0.25, 0.3) is 10.8 Å². The topological polar surface area (TPSA) is 113 Å². The summed E-state index contributed by atoms with van der Waals surface area (Å²) in [7, 11) is 1.51. The number of ether oxygens (including phenoxy) is 1. The number of carbonyl (C=O) groups excluding carboxylic acids is 2. The maximum Gasteiger partial charge on any atom is 0.309 e. The van der Waals surface area contributed by atoms with Gasteiger partial charge in [-0.15, -0.1) is 0 Å². The first-order valence-electron chi connectivity index (χ1n) is 7.07. The Balaban J connectivity index is 2.04. The lowest BCUT2D eigenvalue weighted by atomic mass is 10.1. The maximum atomic E-state index is 11.8. The van der Waals surface area contributed by atoms with E-state index in [4.69, 9.17) is 4.74 Å². The summed E-state index contributed by atoms with van der Waals surface area (Å²) in [6.45, 7) is 2.07. The predicted octanol–water partition coefficient (Wildman–Crippen LogP) is -0.310. The summed E-state index contributed by atoms with van der Waals surface area (Å²) in [5, 5.41) is 12.4. The second kappa shape index (κ2) is 7.50. The molecule has 0 radical (unpaired) electrons. The number of nitrogens with one attached hydrogen (secondary N) is 3. The van der Waals surface area contributed by atoms with Gasteiger partial charge in [0.1, 0.15) is 0 Å². The van der Waals surface area contributed by atoms with Gasteiger partial charge < -0.3 is 15.4 Å². The summed E-state index contributed by atoms with van der Waals surface area (Å²) in [5.74, 6) is -1.52. The van der Waals surface area contributed by atoms with Gasteiger partial charge in [0.25, 0.3) is 5.56 Å². The number of rotatable bonds is 5. The Hall–Kier alpha value is -2.74. The first-order valence-corrected chi connectivity index (χ1v) is 7.07. The largest absolute Gasteiger partial charge is 0.383 e. The molecule has 122 valence electrons. The van der Waals surface area contributed by atoms with E-state index in [1.807, 2.05) is 0 Å². The van der Waals surface area contributed by atoms with E-state index in [0.29, 0.717) is 23.1 Å². The predicted molar refractivity (Wildman–Crippen MR) is 83.7 cm³/mol. The van der Waals surface area contributed by atoms with E-state index in [2.05, 4.69) is 20.8 Å². The lowest BCUT2D eigenvalue weighted by Gasteiger charge is -2.12. The van der Waals surface area contributed by atoms with E-state index < -0.39 is 11.8 Å². The number of amides is 2. The number of fused-ring (bicyclic) bond motifs is 1. The number of methoxy groups -OCH3 is 1. The molecule has 2 aromatic rings. The third-order valence-corrected chi connectivity index (χ3v) is 3.19. The van der Waals surface area contributed by atoms with Crippen molar-refractivity contribution in [1.29, 1.82) is 0 Å². The van der Waals surface area contributed by atoms with Gasteiger partial charge in [0.15, 0.2) is 0 Å². The average Bonchev–Trinajstić information content (AvgIpc) is 2.54. The third-order valence-electron chi connectivity index (χ3n) is 3.19. The van der Waals surface area contributed by atoms with Crippen molar-refractivity contribution >= 4 is 22.6 Å². The van der Waals surface area contributed by atoms with E-state index in [1.165, 1.54) is 7.11 Å². The zero-order valence-electron chi connectivity index (χ0n) is 12.9. The Labute approximate surface area is 132 Å². The van der Waals surface area contributed by atoms with Crippen LogP contribution >= 0.6 is 0 Å². The van der Waals surface area contributed by atoms with Crippen molar-refractivity contribution in [2.24, 2.45) is 0 Å². The van der Waals surface area contributed by atoms with Gasteiger partial charge in [-0.2, -0.15) is 5.10 Å². The number of hydrogen-bond acceptors (Lipinski definition) is 5. The smallest absolute Gasteiger partial charge is 0.309 e. The number of aromatic nitrogens is 2. The fourth-order valence-electron chi connectivity index (χ4n) is 2.13. The standard InChI is InChI=1S/C15H18N4O4/c1-9(8-23-2)17-15(22)14(21)16-7-12-10-5-3-4-6-11(10)13(20)19-18-12/h3-6,9H,7-8H2,1-2H3,(H,16,21)(H,17,22)(H,19,20)/t9-/m0/s1. The van der Waals surface area contributed by atoms with Crippen LogP contribution in [0.15, 0.2) is 29.1 Å². The number of carbonyl (C=O) groups is 2. The molecule has 1 heterocycles. The zero-order valence-corrected chi connectivity index (χ0v) is 12.9. The molecule has 0 unspecified atom stereocenters. The molecule has 23 heavy (non-hydrogen) atoms. The number of hydrogen-bond donors (Lipinski definition) is 3. The zero-order chi connectivity index (χ0) is 16.8. The molecule has 3 N–H and O–H groups in total. The molecule has 2 rings (SSSR count). The molecule has 1 atom stereocenters. The molecule has 8 heteroatoms.